The number of carbonyl (C=O) groups excluding carboxylic acids is 4. The van der Waals surface area contributed by atoms with Crippen molar-refractivity contribution in [2.75, 3.05) is 33.4 Å². The van der Waals surface area contributed by atoms with Gasteiger partial charge in [-0.3, -0.25) is 23.9 Å². The van der Waals surface area contributed by atoms with Gasteiger partial charge in [-0.15, -0.1) is 6.58 Å². The summed E-state index contributed by atoms with van der Waals surface area (Å²) in [6.45, 7) is 11.1. The number of pyridine rings is 1. The highest BCUT2D eigenvalue weighted by Crippen LogP contribution is 2.37. The first kappa shape index (κ1) is 41.6. The van der Waals surface area contributed by atoms with E-state index in [2.05, 4.69) is 16.6 Å². The molecule has 2 saturated heterocycles. The van der Waals surface area contributed by atoms with Gasteiger partial charge in [-0.1, -0.05) is 57.2 Å². The molecular weight excluding hydrogens is 747 g/mol. The minimum atomic E-state index is -3.87. The van der Waals surface area contributed by atoms with Gasteiger partial charge in [0, 0.05) is 55.1 Å². The Morgan fingerprint density at radius 3 is 2.39 bits per heavy atom. The van der Waals surface area contributed by atoms with Gasteiger partial charge in [0.25, 0.3) is 5.91 Å². The number of ether oxygens (including phenoxy) is 2. The van der Waals surface area contributed by atoms with Crippen LogP contribution in [0, 0.1) is 17.3 Å². The Hall–Kier alpha value is -4.98. The number of nitrogens with one attached hydrogen (secondary N) is 2. The van der Waals surface area contributed by atoms with Gasteiger partial charge in [0.05, 0.1) is 36.1 Å². The fourth-order valence-electron chi connectivity index (χ4n) is 7.67. The molecule has 0 unspecified atom stereocenters. The Morgan fingerprint density at radius 2 is 1.74 bits per heavy atom. The van der Waals surface area contributed by atoms with Gasteiger partial charge in [-0.05, 0) is 62.5 Å². The zero-order valence-electron chi connectivity index (χ0n) is 33.4. The Bertz CT molecular complexity index is 2080. The predicted octanol–water partition coefficient (Wildman–Crippen LogP) is 5.24. The van der Waals surface area contributed by atoms with Crippen molar-refractivity contribution in [3.8, 4) is 22.8 Å². The van der Waals surface area contributed by atoms with E-state index in [0.29, 0.717) is 48.6 Å². The number of fused-ring (bicyclic) bond motifs is 1. The molecule has 2 aromatic carbocycles. The van der Waals surface area contributed by atoms with Crippen LogP contribution in [0.25, 0.3) is 22.2 Å². The molecule has 3 aliphatic rings. The van der Waals surface area contributed by atoms with Crippen molar-refractivity contribution in [3.05, 3.63) is 67.3 Å². The van der Waals surface area contributed by atoms with Crippen LogP contribution in [-0.4, -0.2) is 97.5 Å². The zero-order chi connectivity index (χ0) is 40.9. The molecule has 2 N–H and O–H groups in total. The molecule has 1 saturated carbocycles. The molecule has 6 rings (SSSR count). The summed E-state index contributed by atoms with van der Waals surface area (Å²) in [4.78, 5) is 64.1. The third-order valence-electron chi connectivity index (χ3n) is 11.2. The lowest BCUT2D eigenvalue weighted by Crippen LogP contribution is -2.55. The van der Waals surface area contributed by atoms with Gasteiger partial charge in [0.1, 0.15) is 23.6 Å². The number of amides is 4. The van der Waals surface area contributed by atoms with Gasteiger partial charge in [0.2, 0.25) is 27.7 Å². The van der Waals surface area contributed by atoms with E-state index in [4.69, 9.17) is 14.5 Å². The number of hydrogen-bond acceptors (Lipinski definition) is 9. The molecule has 0 spiro atoms. The van der Waals surface area contributed by atoms with Crippen molar-refractivity contribution in [2.45, 2.75) is 89.5 Å². The van der Waals surface area contributed by atoms with E-state index in [1.54, 1.807) is 7.11 Å². The Balaban J connectivity index is 1.27. The normalized spacial score (nSPS) is 19.7. The lowest BCUT2D eigenvalue weighted by atomic mass is 9.77. The van der Waals surface area contributed by atoms with E-state index in [9.17, 15) is 27.6 Å². The third kappa shape index (κ3) is 10.1. The molecule has 3 fully saturated rings. The number of nitrogens with zero attached hydrogens (tertiary/aromatic N) is 3. The number of carbonyl (C=O) groups is 4. The van der Waals surface area contributed by atoms with E-state index >= 15 is 0 Å². The van der Waals surface area contributed by atoms with Gasteiger partial charge < -0.3 is 24.6 Å². The smallest absolute Gasteiger partial charge is 0.256 e. The molecule has 0 bridgehead atoms. The second-order valence-corrected chi connectivity index (χ2v) is 18.5. The molecule has 306 valence electrons. The maximum atomic E-state index is 14.7. The van der Waals surface area contributed by atoms with Gasteiger partial charge in [-0.25, -0.2) is 13.4 Å². The minimum Gasteiger partial charge on any atom is -0.497 e. The van der Waals surface area contributed by atoms with Crippen molar-refractivity contribution in [2.24, 2.45) is 17.3 Å². The summed E-state index contributed by atoms with van der Waals surface area (Å²) in [5, 5.41) is 2.87. The highest BCUT2D eigenvalue weighted by Gasteiger charge is 2.46. The van der Waals surface area contributed by atoms with Crippen LogP contribution in [0.3, 0.4) is 0 Å². The first-order chi connectivity index (χ1) is 27.2. The number of hydrogen-bond donors (Lipinski definition) is 2. The van der Waals surface area contributed by atoms with Gasteiger partial charge in [-0.2, -0.15) is 0 Å². The van der Waals surface area contributed by atoms with Crippen molar-refractivity contribution in [1.29, 1.82) is 0 Å². The van der Waals surface area contributed by atoms with E-state index in [-0.39, 0.29) is 50.1 Å². The molecule has 1 aromatic heterocycles. The quantitative estimate of drug-likeness (QED) is 0.196. The molecule has 4 atom stereocenters. The van der Waals surface area contributed by atoms with Crippen LogP contribution in [-0.2, 0) is 29.2 Å². The Labute approximate surface area is 335 Å². The standard InChI is InChI=1S/C43H55N5O8S/c1-6-13-34(40(50)46-57(53,54)31-17-18-31)45-41(51)37-22-28(26-48(37)42(52)33(43(2,3)4)24-39(49)47-20-11-8-12-21-47)27-56-38-25-35(29-14-9-7-10-15-29)44-36-23-30(55-5)16-19-32(36)38/h6-7,9-10,14-16,19,23,25,28,31,33-34,37H,1,8,11-13,17-18,20-22,24,26-27H2,2-5H3,(H,45,51)(H,46,50)/t28-,33-,34-,37+/m1/s1. The summed E-state index contributed by atoms with van der Waals surface area (Å²) in [7, 11) is -2.28. The van der Waals surface area contributed by atoms with Gasteiger partial charge in [0.15, 0.2) is 0 Å². The van der Waals surface area contributed by atoms with Crippen LogP contribution in [0.1, 0.15) is 72.1 Å². The van der Waals surface area contributed by atoms with Crippen molar-refractivity contribution < 1.29 is 37.1 Å². The summed E-state index contributed by atoms with van der Waals surface area (Å²) >= 11 is 0. The fraction of sp³-hybridized carbons (Fsp3) is 0.512. The molecule has 3 aromatic rings. The van der Waals surface area contributed by atoms with Crippen molar-refractivity contribution >= 4 is 44.6 Å². The molecular formula is C43H55N5O8S. The lowest BCUT2D eigenvalue weighted by Gasteiger charge is -2.36. The zero-order valence-corrected chi connectivity index (χ0v) is 34.2. The average molecular weight is 802 g/mol. The predicted molar refractivity (Wildman–Crippen MR) is 218 cm³/mol. The summed E-state index contributed by atoms with van der Waals surface area (Å²) in [5.74, 6) is -1.70. The lowest BCUT2D eigenvalue weighted by molar-refractivity contribution is -0.148. The number of aromatic nitrogens is 1. The summed E-state index contributed by atoms with van der Waals surface area (Å²) in [6, 6.07) is 14.9. The van der Waals surface area contributed by atoms with Crippen molar-refractivity contribution in [3.63, 3.8) is 0 Å². The summed E-state index contributed by atoms with van der Waals surface area (Å²) in [5.41, 5.74) is 1.66. The summed E-state index contributed by atoms with van der Waals surface area (Å²) < 4.78 is 39.4. The molecule has 3 heterocycles. The van der Waals surface area contributed by atoms with Crippen LogP contribution in [0.5, 0.6) is 11.5 Å². The molecule has 2 aliphatic heterocycles. The van der Waals surface area contributed by atoms with Crippen LogP contribution in [0.4, 0.5) is 0 Å². The molecule has 14 heteroatoms. The Morgan fingerprint density at radius 1 is 1.02 bits per heavy atom. The number of benzene rings is 2. The number of piperidine rings is 1. The second kappa shape index (κ2) is 17.7. The SMILES string of the molecule is C=CC[C@@H](NC(=O)[C@@H]1C[C@@H](COc2cc(-c3ccccc3)nc3cc(OC)ccc23)CN1C(=O)[C@@H](CC(=O)N1CCCCC1)C(C)(C)C)C(=O)NS(=O)(=O)C1CC1. The summed E-state index contributed by atoms with van der Waals surface area (Å²) in [6.07, 6.45) is 5.46. The highest BCUT2D eigenvalue weighted by molar-refractivity contribution is 7.90. The van der Waals surface area contributed by atoms with E-state index in [0.717, 1.165) is 30.2 Å². The van der Waals surface area contributed by atoms with E-state index in [1.807, 2.05) is 80.3 Å². The number of likely N-dealkylation sites (tertiary alicyclic amines) is 2. The topological polar surface area (TPSA) is 164 Å². The maximum Gasteiger partial charge on any atom is 0.256 e. The largest absolute Gasteiger partial charge is 0.497 e. The van der Waals surface area contributed by atoms with Crippen LogP contribution in [0.15, 0.2) is 67.3 Å². The van der Waals surface area contributed by atoms with E-state index in [1.165, 1.54) is 11.0 Å². The van der Waals surface area contributed by atoms with Crippen LogP contribution < -0.4 is 19.5 Å². The van der Waals surface area contributed by atoms with Crippen LogP contribution in [0.2, 0.25) is 0 Å². The monoisotopic (exact) mass is 801 g/mol. The first-order valence-electron chi connectivity index (χ1n) is 19.9. The number of sulfonamides is 1. The minimum absolute atomic E-state index is 0.00356. The van der Waals surface area contributed by atoms with Crippen LogP contribution >= 0.6 is 0 Å². The maximum absolute atomic E-state index is 14.7. The number of methoxy groups -OCH3 is 1. The first-order valence-corrected chi connectivity index (χ1v) is 21.4. The molecule has 4 amide bonds. The fourth-order valence-corrected chi connectivity index (χ4v) is 9.02. The molecule has 57 heavy (non-hydrogen) atoms. The second-order valence-electron chi connectivity index (χ2n) is 16.5. The third-order valence-corrected chi connectivity index (χ3v) is 13.0. The molecule has 13 nitrogen and oxygen atoms in total. The highest BCUT2D eigenvalue weighted by atomic mass is 32.2. The van der Waals surface area contributed by atoms with E-state index < -0.39 is 50.5 Å². The molecule has 1 aliphatic carbocycles. The van der Waals surface area contributed by atoms with Crippen molar-refractivity contribution in [1.82, 2.24) is 24.8 Å². The Kier molecular flexibility index (Phi) is 12.9. The average Bonchev–Trinajstić information content (AvgIpc) is 3.98. The molecule has 0 radical (unpaired) electrons. The number of rotatable bonds is 15. The van der Waals surface area contributed by atoms with Gasteiger partial charge >= 0.3 is 0 Å².